The molecule has 1 saturated carbocycles. The Hall–Kier alpha value is -0.650. The zero-order chi connectivity index (χ0) is 14.4. The van der Waals surface area contributed by atoms with Gasteiger partial charge in [0.15, 0.2) is 5.13 Å². The van der Waals surface area contributed by atoms with Gasteiger partial charge in [0.2, 0.25) is 0 Å². The SMILES string of the molecule is CCc1nc(N(C)C2CCCC2)sc1CNCCOC. The van der Waals surface area contributed by atoms with E-state index in [0.717, 1.165) is 26.1 Å². The maximum Gasteiger partial charge on any atom is 0.185 e. The van der Waals surface area contributed by atoms with Crippen molar-refractivity contribution in [2.75, 3.05) is 32.2 Å². The number of methoxy groups -OCH3 is 1. The minimum Gasteiger partial charge on any atom is -0.383 e. The second-order valence-electron chi connectivity index (χ2n) is 5.44. The summed E-state index contributed by atoms with van der Waals surface area (Å²) in [4.78, 5) is 8.62. The first-order valence-corrected chi connectivity index (χ1v) is 8.49. The molecule has 114 valence electrons. The van der Waals surface area contributed by atoms with Gasteiger partial charge in [-0.15, -0.1) is 11.3 Å². The molecule has 20 heavy (non-hydrogen) atoms. The molecular formula is C15H27N3OS. The lowest BCUT2D eigenvalue weighted by atomic mass is 10.2. The number of nitrogens with one attached hydrogen (secondary N) is 1. The Morgan fingerprint density at radius 1 is 1.40 bits per heavy atom. The molecule has 0 aliphatic heterocycles. The van der Waals surface area contributed by atoms with Crippen molar-refractivity contribution in [1.82, 2.24) is 10.3 Å². The highest BCUT2D eigenvalue weighted by Crippen LogP contribution is 2.31. The van der Waals surface area contributed by atoms with Crippen molar-refractivity contribution in [1.29, 1.82) is 0 Å². The molecule has 1 aliphatic carbocycles. The van der Waals surface area contributed by atoms with Gasteiger partial charge in [-0.1, -0.05) is 19.8 Å². The molecule has 0 aromatic carbocycles. The number of ether oxygens (including phenoxy) is 1. The van der Waals surface area contributed by atoms with Crippen LogP contribution in [0.25, 0.3) is 0 Å². The second-order valence-corrected chi connectivity index (χ2v) is 6.50. The molecule has 0 spiro atoms. The van der Waals surface area contributed by atoms with Gasteiger partial charge in [0.05, 0.1) is 12.3 Å². The first-order chi connectivity index (χ1) is 9.76. The van der Waals surface area contributed by atoms with Gasteiger partial charge in [-0.3, -0.25) is 0 Å². The van der Waals surface area contributed by atoms with E-state index in [1.165, 1.54) is 41.4 Å². The number of rotatable bonds is 8. The molecule has 4 nitrogen and oxygen atoms in total. The van der Waals surface area contributed by atoms with E-state index in [0.29, 0.717) is 6.04 Å². The zero-order valence-electron chi connectivity index (χ0n) is 12.9. The standard InChI is InChI=1S/C15H27N3OS/c1-4-13-14(11-16-9-10-19-3)20-15(17-13)18(2)12-7-5-6-8-12/h12,16H,4-11H2,1-3H3. The third-order valence-corrected chi connectivity index (χ3v) is 5.23. The van der Waals surface area contributed by atoms with E-state index in [1.807, 2.05) is 11.3 Å². The number of anilines is 1. The lowest BCUT2D eigenvalue weighted by molar-refractivity contribution is 0.199. The van der Waals surface area contributed by atoms with Gasteiger partial charge >= 0.3 is 0 Å². The molecule has 0 amide bonds. The van der Waals surface area contributed by atoms with Crippen molar-refractivity contribution in [2.45, 2.75) is 51.6 Å². The number of thiazole rings is 1. The van der Waals surface area contributed by atoms with Gasteiger partial charge in [-0.05, 0) is 19.3 Å². The van der Waals surface area contributed by atoms with Gasteiger partial charge in [0, 0.05) is 38.2 Å². The largest absolute Gasteiger partial charge is 0.383 e. The number of hydrogen-bond donors (Lipinski definition) is 1. The first-order valence-electron chi connectivity index (χ1n) is 7.67. The zero-order valence-corrected chi connectivity index (χ0v) is 13.8. The summed E-state index contributed by atoms with van der Waals surface area (Å²) < 4.78 is 5.06. The number of aryl methyl sites for hydroxylation is 1. The molecule has 0 unspecified atom stereocenters. The summed E-state index contributed by atoms with van der Waals surface area (Å²) >= 11 is 1.85. The van der Waals surface area contributed by atoms with Crippen molar-refractivity contribution in [2.24, 2.45) is 0 Å². The smallest absolute Gasteiger partial charge is 0.185 e. The van der Waals surface area contributed by atoms with Crippen LogP contribution in [0.15, 0.2) is 0 Å². The van der Waals surface area contributed by atoms with Crippen LogP contribution in [0, 0.1) is 0 Å². The average Bonchev–Trinajstić information content (AvgIpc) is 3.12. The molecule has 1 aromatic heterocycles. The van der Waals surface area contributed by atoms with Gasteiger partial charge in [0.1, 0.15) is 0 Å². The van der Waals surface area contributed by atoms with E-state index >= 15 is 0 Å². The fourth-order valence-electron chi connectivity index (χ4n) is 2.76. The monoisotopic (exact) mass is 297 g/mol. The predicted octanol–water partition coefficient (Wildman–Crippen LogP) is 2.82. The second kappa shape index (κ2) is 7.96. The highest BCUT2D eigenvalue weighted by Gasteiger charge is 2.22. The van der Waals surface area contributed by atoms with Crippen LogP contribution in [0.2, 0.25) is 0 Å². The van der Waals surface area contributed by atoms with Crippen molar-refractivity contribution in [3.8, 4) is 0 Å². The maximum atomic E-state index is 5.06. The van der Waals surface area contributed by atoms with Gasteiger partial charge < -0.3 is 15.0 Å². The minimum atomic E-state index is 0.695. The Balaban J connectivity index is 1.97. The minimum absolute atomic E-state index is 0.695. The van der Waals surface area contributed by atoms with Gasteiger partial charge in [-0.2, -0.15) is 0 Å². The van der Waals surface area contributed by atoms with Crippen LogP contribution in [-0.2, 0) is 17.7 Å². The third-order valence-electron chi connectivity index (χ3n) is 4.04. The summed E-state index contributed by atoms with van der Waals surface area (Å²) in [5, 5.41) is 4.62. The van der Waals surface area contributed by atoms with E-state index < -0.39 is 0 Å². The highest BCUT2D eigenvalue weighted by atomic mass is 32.1. The average molecular weight is 297 g/mol. The van der Waals surface area contributed by atoms with E-state index in [4.69, 9.17) is 9.72 Å². The summed E-state index contributed by atoms with van der Waals surface area (Å²) in [6.07, 6.45) is 6.38. The van der Waals surface area contributed by atoms with Crippen LogP contribution in [0.3, 0.4) is 0 Å². The van der Waals surface area contributed by atoms with E-state index in [2.05, 4.69) is 24.2 Å². The van der Waals surface area contributed by atoms with Gasteiger partial charge in [-0.25, -0.2) is 4.98 Å². The van der Waals surface area contributed by atoms with Crippen LogP contribution >= 0.6 is 11.3 Å². The Bertz CT molecular complexity index is 402. The molecule has 0 radical (unpaired) electrons. The molecule has 1 fully saturated rings. The van der Waals surface area contributed by atoms with Crippen LogP contribution in [0.4, 0.5) is 5.13 Å². The first kappa shape index (κ1) is 15.7. The fourth-order valence-corrected chi connectivity index (χ4v) is 3.91. The van der Waals surface area contributed by atoms with Crippen LogP contribution in [0.5, 0.6) is 0 Å². The summed E-state index contributed by atoms with van der Waals surface area (Å²) in [5.74, 6) is 0. The highest BCUT2D eigenvalue weighted by molar-refractivity contribution is 7.15. The quantitative estimate of drug-likeness (QED) is 0.749. The Labute approximate surface area is 126 Å². The number of aromatic nitrogens is 1. The summed E-state index contributed by atoms with van der Waals surface area (Å²) in [7, 11) is 3.94. The molecule has 2 rings (SSSR count). The fraction of sp³-hybridized carbons (Fsp3) is 0.800. The lowest BCUT2D eigenvalue weighted by Gasteiger charge is -2.23. The van der Waals surface area contributed by atoms with E-state index in [1.54, 1.807) is 7.11 Å². The van der Waals surface area contributed by atoms with Gasteiger partial charge in [0.25, 0.3) is 0 Å². The summed E-state index contributed by atoms with van der Waals surface area (Å²) in [6.45, 7) is 4.75. The number of nitrogens with zero attached hydrogens (tertiary/aromatic N) is 2. The van der Waals surface area contributed by atoms with Crippen molar-refractivity contribution >= 4 is 16.5 Å². The van der Waals surface area contributed by atoms with E-state index in [9.17, 15) is 0 Å². The predicted molar refractivity (Wildman–Crippen MR) is 85.7 cm³/mol. The molecule has 1 aliphatic rings. The Morgan fingerprint density at radius 3 is 2.80 bits per heavy atom. The number of hydrogen-bond acceptors (Lipinski definition) is 5. The molecular weight excluding hydrogens is 270 g/mol. The van der Waals surface area contributed by atoms with Crippen molar-refractivity contribution in [3.63, 3.8) is 0 Å². The molecule has 1 N–H and O–H groups in total. The lowest BCUT2D eigenvalue weighted by Crippen LogP contribution is -2.28. The van der Waals surface area contributed by atoms with E-state index in [-0.39, 0.29) is 0 Å². The van der Waals surface area contributed by atoms with Crippen LogP contribution in [0.1, 0.15) is 43.2 Å². The summed E-state index contributed by atoms with van der Waals surface area (Å²) in [6, 6.07) is 0.695. The van der Waals surface area contributed by atoms with Crippen LogP contribution < -0.4 is 10.2 Å². The molecule has 0 saturated heterocycles. The molecule has 5 heteroatoms. The normalized spacial score (nSPS) is 15.9. The summed E-state index contributed by atoms with van der Waals surface area (Å²) in [5.41, 5.74) is 1.25. The maximum absolute atomic E-state index is 5.06. The Kier molecular flexibility index (Phi) is 6.26. The molecule has 1 aromatic rings. The van der Waals surface area contributed by atoms with Crippen molar-refractivity contribution in [3.05, 3.63) is 10.6 Å². The van der Waals surface area contributed by atoms with Crippen molar-refractivity contribution < 1.29 is 4.74 Å². The Morgan fingerprint density at radius 2 is 2.15 bits per heavy atom. The topological polar surface area (TPSA) is 37.4 Å². The third kappa shape index (κ3) is 3.93. The molecule has 0 atom stereocenters. The van der Waals surface area contributed by atoms with Crippen LogP contribution in [-0.4, -0.2) is 38.3 Å². The molecule has 1 heterocycles. The molecule has 0 bridgehead atoms.